The van der Waals surface area contributed by atoms with Gasteiger partial charge in [-0.3, -0.25) is 4.79 Å². The Morgan fingerprint density at radius 3 is 2.60 bits per heavy atom. The Bertz CT molecular complexity index is 396. The first-order chi connectivity index (χ1) is 6.91. The second kappa shape index (κ2) is 4.57. The molecule has 0 bridgehead atoms. The van der Waals surface area contributed by atoms with E-state index < -0.39 is 6.61 Å². The van der Waals surface area contributed by atoms with E-state index in [1.54, 1.807) is 0 Å². The van der Waals surface area contributed by atoms with Gasteiger partial charge in [-0.15, -0.1) is 0 Å². The fraction of sp³-hybridized carbons (Fsp3) is 0.222. The number of hydrogen-bond acceptors (Lipinski definition) is 3. The molecule has 3 nitrogen and oxygen atoms in total. The Hall–Kier alpha value is -1.17. The van der Waals surface area contributed by atoms with Crippen LogP contribution >= 0.6 is 15.9 Å². The van der Waals surface area contributed by atoms with E-state index in [2.05, 4.69) is 20.7 Å². The minimum absolute atomic E-state index is 0.143. The standard InChI is InChI=1S/C9H8BrF2NO2/c1-4(14)6-2-5(13)3-7(8(6)10)15-9(11)12/h2-3,9H,13H2,1H3. The summed E-state index contributed by atoms with van der Waals surface area (Å²) in [6.45, 7) is -1.64. The lowest BCUT2D eigenvalue weighted by atomic mass is 10.1. The molecule has 82 valence electrons. The first-order valence-corrected chi connectivity index (χ1v) is 4.76. The average Bonchev–Trinajstić information content (AvgIpc) is 2.09. The maximum Gasteiger partial charge on any atom is 0.387 e. The summed E-state index contributed by atoms with van der Waals surface area (Å²) in [5.41, 5.74) is 5.85. The summed E-state index contributed by atoms with van der Waals surface area (Å²) in [6, 6.07) is 2.62. The molecular formula is C9H8BrF2NO2. The molecule has 1 aromatic carbocycles. The summed E-state index contributed by atoms with van der Waals surface area (Å²) < 4.78 is 28.4. The Morgan fingerprint density at radius 2 is 2.13 bits per heavy atom. The normalized spacial score (nSPS) is 10.5. The van der Waals surface area contributed by atoms with Gasteiger partial charge < -0.3 is 10.5 Å². The molecule has 6 heteroatoms. The van der Waals surface area contributed by atoms with Gasteiger partial charge in [-0.25, -0.2) is 0 Å². The molecule has 0 aliphatic carbocycles. The van der Waals surface area contributed by atoms with Crippen LogP contribution in [-0.4, -0.2) is 12.4 Å². The molecule has 0 atom stereocenters. The molecule has 0 heterocycles. The van der Waals surface area contributed by atoms with E-state index >= 15 is 0 Å². The number of nitrogen functional groups attached to an aromatic ring is 1. The highest BCUT2D eigenvalue weighted by molar-refractivity contribution is 9.10. The van der Waals surface area contributed by atoms with E-state index in [1.165, 1.54) is 19.1 Å². The minimum Gasteiger partial charge on any atom is -0.434 e. The lowest BCUT2D eigenvalue weighted by Gasteiger charge is -2.10. The fourth-order valence-electron chi connectivity index (χ4n) is 1.06. The zero-order chi connectivity index (χ0) is 11.6. The number of halogens is 3. The van der Waals surface area contributed by atoms with Gasteiger partial charge in [-0.2, -0.15) is 8.78 Å². The van der Waals surface area contributed by atoms with E-state index in [9.17, 15) is 13.6 Å². The van der Waals surface area contributed by atoms with Gasteiger partial charge in [-0.05, 0) is 28.9 Å². The Morgan fingerprint density at radius 1 is 1.53 bits per heavy atom. The van der Waals surface area contributed by atoms with E-state index in [-0.39, 0.29) is 27.3 Å². The van der Waals surface area contributed by atoms with E-state index in [0.717, 1.165) is 0 Å². The minimum atomic E-state index is -2.96. The molecule has 1 rings (SSSR count). The fourth-order valence-corrected chi connectivity index (χ4v) is 1.66. The first-order valence-electron chi connectivity index (χ1n) is 3.96. The van der Waals surface area contributed by atoms with Crippen molar-refractivity contribution in [2.75, 3.05) is 5.73 Å². The van der Waals surface area contributed by atoms with Crippen LogP contribution in [-0.2, 0) is 0 Å². The third-order valence-corrected chi connectivity index (χ3v) is 2.47. The molecule has 0 unspecified atom stereocenters. The zero-order valence-corrected chi connectivity index (χ0v) is 9.35. The van der Waals surface area contributed by atoms with Crippen LogP contribution in [0.3, 0.4) is 0 Å². The van der Waals surface area contributed by atoms with Crippen molar-refractivity contribution in [3.8, 4) is 5.75 Å². The highest BCUT2D eigenvalue weighted by Crippen LogP contribution is 2.32. The molecule has 0 saturated carbocycles. The second-order valence-corrected chi connectivity index (χ2v) is 3.61. The number of alkyl halides is 2. The van der Waals surface area contributed by atoms with Crippen molar-refractivity contribution in [1.29, 1.82) is 0 Å². The largest absolute Gasteiger partial charge is 0.434 e. The van der Waals surface area contributed by atoms with Crippen molar-refractivity contribution in [2.24, 2.45) is 0 Å². The van der Waals surface area contributed by atoms with Crippen molar-refractivity contribution in [3.63, 3.8) is 0 Å². The molecule has 0 saturated heterocycles. The smallest absolute Gasteiger partial charge is 0.387 e. The van der Waals surface area contributed by atoms with Crippen LogP contribution < -0.4 is 10.5 Å². The van der Waals surface area contributed by atoms with Gasteiger partial charge in [-0.1, -0.05) is 0 Å². The van der Waals surface area contributed by atoms with Gasteiger partial charge in [0.1, 0.15) is 5.75 Å². The molecule has 0 radical (unpaired) electrons. The van der Waals surface area contributed by atoms with Crippen molar-refractivity contribution in [3.05, 3.63) is 22.2 Å². The van der Waals surface area contributed by atoms with Gasteiger partial charge in [0.05, 0.1) is 4.47 Å². The highest BCUT2D eigenvalue weighted by atomic mass is 79.9. The molecular weight excluding hydrogens is 272 g/mol. The van der Waals surface area contributed by atoms with Gasteiger partial charge in [0.25, 0.3) is 0 Å². The third kappa shape index (κ3) is 2.89. The van der Waals surface area contributed by atoms with E-state index in [0.29, 0.717) is 0 Å². The molecule has 2 N–H and O–H groups in total. The maximum absolute atomic E-state index is 12.0. The summed E-state index contributed by atoms with van der Waals surface area (Å²) in [5.74, 6) is -0.427. The topological polar surface area (TPSA) is 52.3 Å². The molecule has 0 aliphatic heterocycles. The van der Waals surface area contributed by atoms with Gasteiger partial charge in [0.15, 0.2) is 5.78 Å². The molecule has 0 aliphatic rings. The predicted octanol–water partition coefficient (Wildman–Crippen LogP) is 2.84. The van der Waals surface area contributed by atoms with Crippen LogP contribution in [0.5, 0.6) is 5.75 Å². The Balaban J connectivity index is 3.22. The van der Waals surface area contributed by atoms with Gasteiger partial charge in [0, 0.05) is 17.3 Å². The Labute approximate surface area is 93.3 Å². The zero-order valence-electron chi connectivity index (χ0n) is 7.76. The highest BCUT2D eigenvalue weighted by Gasteiger charge is 2.15. The SMILES string of the molecule is CC(=O)c1cc(N)cc(OC(F)F)c1Br. The van der Waals surface area contributed by atoms with Gasteiger partial charge in [0.2, 0.25) is 0 Å². The molecule has 0 spiro atoms. The summed E-state index contributed by atoms with van der Waals surface area (Å²) in [7, 11) is 0. The van der Waals surface area contributed by atoms with Crippen LogP contribution in [0.4, 0.5) is 14.5 Å². The monoisotopic (exact) mass is 279 g/mol. The first kappa shape index (κ1) is 11.9. The van der Waals surface area contributed by atoms with Crippen molar-refractivity contribution >= 4 is 27.4 Å². The van der Waals surface area contributed by atoms with Crippen molar-refractivity contribution in [2.45, 2.75) is 13.5 Å². The number of carbonyl (C=O) groups is 1. The van der Waals surface area contributed by atoms with E-state index in [4.69, 9.17) is 5.73 Å². The number of hydrogen-bond donors (Lipinski definition) is 1. The number of ketones is 1. The molecule has 0 amide bonds. The predicted molar refractivity (Wildman–Crippen MR) is 55.2 cm³/mol. The number of nitrogens with two attached hydrogens (primary N) is 1. The molecule has 1 aromatic rings. The summed E-state index contributed by atoms with van der Waals surface area (Å²) in [6.07, 6.45) is 0. The lowest BCUT2D eigenvalue weighted by molar-refractivity contribution is -0.0503. The van der Waals surface area contributed by atoms with Gasteiger partial charge >= 0.3 is 6.61 Å². The number of benzene rings is 1. The number of Topliss-reactive ketones (excluding diaryl/α,β-unsaturated/α-hetero) is 1. The summed E-state index contributed by atoms with van der Waals surface area (Å²) in [5, 5.41) is 0. The summed E-state index contributed by atoms with van der Waals surface area (Å²) >= 11 is 3.01. The Kier molecular flexibility index (Phi) is 3.62. The van der Waals surface area contributed by atoms with Crippen LogP contribution in [0.25, 0.3) is 0 Å². The van der Waals surface area contributed by atoms with Crippen molar-refractivity contribution < 1.29 is 18.3 Å². The number of ether oxygens (including phenoxy) is 1. The molecule has 15 heavy (non-hydrogen) atoms. The second-order valence-electron chi connectivity index (χ2n) is 2.82. The third-order valence-electron chi connectivity index (χ3n) is 1.66. The van der Waals surface area contributed by atoms with E-state index in [1.807, 2.05) is 0 Å². The summed E-state index contributed by atoms with van der Waals surface area (Å²) in [4.78, 5) is 11.1. The maximum atomic E-state index is 12.0. The molecule has 0 fully saturated rings. The lowest BCUT2D eigenvalue weighted by Crippen LogP contribution is -2.05. The number of anilines is 1. The van der Waals surface area contributed by atoms with Crippen LogP contribution in [0.15, 0.2) is 16.6 Å². The van der Waals surface area contributed by atoms with Crippen LogP contribution in [0.2, 0.25) is 0 Å². The molecule has 0 aromatic heterocycles. The van der Waals surface area contributed by atoms with Crippen LogP contribution in [0, 0.1) is 0 Å². The number of carbonyl (C=O) groups excluding carboxylic acids is 1. The van der Waals surface area contributed by atoms with Crippen LogP contribution in [0.1, 0.15) is 17.3 Å². The van der Waals surface area contributed by atoms with Crippen molar-refractivity contribution in [1.82, 2.24) is 0 Å². The average molecular weight is 280 g/mol. The number of rotatable bonds is 3. The quantitative estimate of drug-likeness (QED) is 0.684.